The van der Waals surface area contributed by atoms with Crippen molar-refractivity contribution in [3.8, 4) is 5.75 Å². The van der Waals surface area contributed by atoms with Gasteiger partial charge in [-0.25, -0.2) is 4.39 Å². The van der Waals surface area contributed by atoms with Crippen molar-refractivity contribution in [1.82, 2.24) is 9.80 Å². The van der Waals surface area contributed by atoms with Crippen molar-refractivity contribution < 1.29 is 28.9 Å². The molecule has 2 aliphatic heterocycles. The molecule has 0 radical (unpaired) electrons. The highest BCUT2D eigenvalue weighted by Crippen LogP contribution is 2.19. The summed E-state index contributed by atoms with van der Waals surface area (Å²) in [5, 5.41) is 20.6. The largest absolute Gasteiger partial charge is 0.484 e. The molecule has 2 N–H and O–H groups in total. The molecular formula is C18H25FN2O5. The molecule has 3 rings (SSSR count). The molecular weight excluding hydrogens is 343 g/mol. The number of halogens is 1. The van der Waals surface area contributed by atoms with Crippen molar-refractivity contribution >= 4 is 5.91 Å². The first-order valence-corrected chi connectivity index (χ1v) is 8.88. The van der Waals surface area contributed by atoms with Crippen molar-refractivity contribution in [3.63, 3.8) is 0 Å². The summed E-state index contributed by atoms with van der Waals surface area (Å²) in [5.74, 6) is -0.393. The molecule has 0 bridgehead atoms. The van der Waals surface area contributed by atoms with Gasteiger partial charge in [0.25, 0.3) is 5.91 Å². The monoisotopic (exact) mass is 368 g/mol. The third-order valence-corrected chi connectivity index (χ3v) is 4.92. The number of nitrogens with zero attached hydrogens (tertiary/aromatic N) is 2. The maximum absolute atomic E-state index is 13.2. The van der Waals surface area contributed by atoms with Crippen LogP contribution in [0.2, 0.25) is 0 Å². The van der Waals surface area contributed by atoms with Gasteiger partial charge in [-0.05, 0) is 18.6 Å². The van der Waals surface area contributed by atoms with E-state index in [0.717, 1.165) is 0 Å². The number of benzene rings is 1. The Bertz CT molecular complexity index is 611. The first-order chi connectivity index (χ1) is 12.5. The molecule has 1 amide bonds. The van der Waals surface area contributed by atoms with Crippen molar-refractivity contribution in [3.05, 3.63) is 30.1 Å². The molecule has 8 heteroatoms. The summed E-state index contributed by atoms with van der Waals surface area (Å²) in [7, 11) is 0. The molecule has 1 aromatic rings. The van der Waals surface area contributed by atoms with Crippen molar-refractivity contribution in [2.45, 2.75) is 24.7 Å². The molecule has 0 saturated carbocycles. The van der Waals surface area contributed by atoms with E-state index < -0.39 is 18.0 Å². The standard InChI is InChI=1S/C18H25FN2O5/c19-13-2-1-3-14(10-13)26-12-17(23)21-5-4-16(22)18(24)15(11-21)20-6-8-25-9-7-20/h1-3,10,15-16,18,22,24H,4-9,11-12H2/t15-,16-,18+/m1/s1. The second-order valence-corrected chi connectivity index (χ2v) is 6.65. The van der Waals surface area contributed by atoms with Crippen LogP contribution in [-0.2, 0) is 9.53 Å². The Kier molecular flexibility index (Phi) is 6.42. The first-order valence-electron chi connectivity index (χ1n) is 8.88. The summed E-state index contributed by atoms with van der Waals surface area (Å²) in [4.78, 5) is 16.2. The van der Waals surface area contributed by atoms with Crippen LogP contribution in [0.15, 0.2) is 24.3 Å². The number of rotatable bonds is 4. The average molecular weight is 368 g/mol. The molecule has 0 aliphatic carbocycles. The number of hydrogen-bond donors (Lipinski definition) is 2. The molecule has 2 fully saturated rings. The third kappa shape index (κ3) is 4.70. The van der Waals surface area contributed by atoms with Crippen LogP contribution in [0.5, 0.6) is 5.75 Å². The molecule has 144 valence electrons. The molecule has 7 nitrogen and oxygen atoms in total. The summed E-state index contributed by atoms with van der Waals surface area (Å²) in [6, 6.07) is 5.28. The number of amides is 1. The van der Waals surface area contributed by atoms with Gasteiger partial charge in [-0.3, -0.25) is 9.69 Å². The van der Waals surface area contributed by atoms with Crippen LogP contribution in [0.4, 0.5) is 4.39 Å². The van der Waals surface area contributed by atoms with Crippen LogP contribution < -0.4 is 4.74 Å². The zero-order valence-corrected chi connectivity index (χ0v) is 14.6. The minimum absolute atomic E-state index is 0.217. The highest BCUT2D eigenvalue weighted by Gasteiger charge is 2.37. The molecule has 1 aromatic carbocycles. The van der Waals surface area contributed by atoms with E-state index in [4.69, 9.17) is 9.47 Å². The SMILES string of the molecule is O=C(COc1cccc(F)c1)N1CC[C@@H](O)[C@@H](O)[C@H](N2CCOCC2)C1. The van der Waals surface area contributed by atoms with Crippen molar-refractivity contribution in [1.29, 1.82) is 0 Å². The molecule has 26 heavy (non-hydrogen) atoms. The fraction of sp³-hybridized carbons (Fsp3) is 0.611. The number of carbonyl (C=O) groups excluding carboxylic acids is 1. The number of hydrogen-bond acceptors (Lipinski definition) is 6. The lowest BCUT2D eigenvalue weighted by Gasteiger charge is -2.38. The molecule has 2 saturated heterocycles. The van der Waals surface area contributed by atoms with E-state index in [2.05, 4.69) is 4.90 Å². The first kappa shape index (κ1) is 19.0. The third-order valence-electron chi connectivity index (χ3n) is 4.92. The lowest BCUT2D eigenvalue weighted by atomic mass is 10.0. The second-order valence-electron chi connectivity index (χ2n) is 6.65. The highest BCUT2D eigenvalue weighted by molar-refractivity contribution is 5.77. The number of aliphatic hydroxyl groups is 2. The number of ether oxygens (including phenoxy) is 2. The molecule has 3 atom stereocenters. The van der Waals surface area contributed by atoms with E-state index in [-0.39, 0.29) is 24.3 Å². The Morgan fingerprint density at radius 2 is 2.04 bits per heavy atom. The van der Waals surface area contributed by atoms with Crippen LogP contribution in [0.25, 0.3) is 0 Å². The van der Waals surface area contributed by atoms with Gasteiger partial charge in [0.2, 0.25) is 0 Å². The van der Waals surface area contributed by atoms with Gasteiger partial charge in [-0.1, -0.05) is 6.07 Å². The lowest BCUT2D eigenvalue weighted by molar-refractivity contribution is -0.134. The van der Waals surface area contributed by atoms with Gasteiger partial charge in [-0.15, -0.1) is 0 Å². The molecule has 0 unspecified atom stereocenters. The maximum Gasteiger partial charge on any atom is 0.260 e. The Morgan fingerprint density at radius 1 is 1.27 bits per heavy atom. The fourth-order valence-corrected chi connectivity index (χ4v) is 3.40. The van der Waals surface area contributed by atoms with Crippen LogP contribution in [-0.4, -0.2) is 90.2 Å². The lowest BCUT2D eigenvalue weighted by Crippen LogP contribution is -2.55. The Morgan fingerprint density at radius 3 is 2.77 bits per heavy atom. The van der Waals surface area contributed by atoms with Crippen LogP contribution >= 0.6 is 0 Å². The van der Waals surface area contributed by atoms with Crippen LogP contribution in [0, 0.1) is 5.82 Å². The Hall–Kier alpha value is -1.74. The van der Waals surface area contributed by atoms with Crippen molar-refractivity contribution in [2.24, 2.45) is 0 Å². The van der Waals surface area contributed by atoms with Gasteiger partial charge in [-0.2, -0.15) is 0 Å². The molecule has 0 spiro atoms. The summed E-state index contributed by atoms with van der Waals surface area (Å²) in [6.45, 7) is 2.86. The van der Waals surface area contributed by atoms with Gasteiger partial charge in [0.05, 0.1) is 31.5 Å². The number of carbonyl (C=O) groups is 1. The summed E-state index contributed by atoms with van der Waals surface area (Å²) in [5.41, 5.74) is 0. The van der Waals surface area contributed by atoms with E-state index in [1.165, 1.54) is 18.2 Å². The Labute approximate surface area is 151 Å². The van der Waals surface area contributed by atoms with E-state index in [0.29, 0.717) is 45.8 Å². The maximum atomic E-state index is 13.2. The predicted octanol–water partition coefficient (Wildman–Crippen LogP) is -0.141. The smallest absolute Gasteiger partial charge is 0.260 e. The van der Waals surface area contributed by atoms with Crippen LogP contribution in [0.3, 0.4) is 0 Å². The highest BCUT2D eigenvalue weighted by atomic mass is 19.1. The second kappa shape index (κ2) is 8.77. The van der Waals surface area contributed by atoms with Gasteiger partial charge >= 0.3 is 0 Å². The molecule has 2 heterocycles. The number of aliphatic hydroxyl groups excluding tert-OH is 2. The fourth-order valence-electron chi connectivity index (χ4n) is 3.40. The minimum atomic E-state index is -0.921. The summed E-state index contributed by atoms with van der Waals surface area (Å²) in [6.07, 6.45) is -1.51. The summed E-state index contributed by atoms with van der Waals surface area (Å²) < 4.78 is 23.9. The van der Waals surface area contributed by atoms with E-state index in [9.17, 15) is 19.4 Å². The van der Waals surface area contributed by atoms with Gasteiger partial charge in [0.1, 0.15) is 11.6 Å². The van der Waals surface area contributed by atoms with Gasteiger partial charge in [0.15, 0.2) is 6.61 Å². The van der Waals surface area contributed by atoms with E-state index in [1.807, 2.05) is 0 Å². The van der Waals surface area contributed by atoms with E-state index >= 15 is 0 Å². The molecule has 2 aliphatic rings. The van der Waals surface area contributed by atoms with E-state index in [1.54, 1.807) is 11.0 Å². The summed E-state index contributed by atoms with van der Waals surface area (Å²) >= 11 is 0. The molecule has 0 aromatic heterocycles. The predicted molar refractivity (Wildman–Crippen MR) is 91.3 cm³/mol. The normalized spacial score (nSPS) is 27.8. The number of morpholine rings is 1. The van der Waals surface area contributed by atoms with Gasteiger partial charge in [0, 0.05) is 32.2 Å². The topological polar surface area (TPSA) is 82.5 Å². The quantitative estimate of drug-likeness (QED) is 0.770. The van der Waals surface area contributed by atoms with Crippen molar-refractivity contribution in [2.75, 3.05) is 46.0 Å². The number of likely N-dealkylation sites (tertiary alicyclic amines) is 1. The Balaban J connectivity index is 1.62. The van der Waals surface area contributed by atoms with Gasteiger partial charge < -0.3 is 24.6 Å². The van der Waals surface area contributed by atoms with Crippen LogP contribution in [0.1, 0.15) is 6.42 Å². The zero-order chi connectivity index (χ0) is 18.5. The minimum Gasteiger partial charge on any atom is -0.484 e. The average Bonchev–Trinajstić information content (AvgIpc) is 2.80. The zero-order valence-electron chi connectivity index (χ0n) is 14.6.